The molecule has 0 saturated heterocycles. The van der Waals surface area contributed by atoms with E-state index >= 15 is 0 Å². The van der Waals surface area contributed by atoms with Gasteiger partial charge in [-0.3, -0.25) is 0 Å². The van der Waals surface area contributed by atoms with Crippen LogP contribution in [0.4, 0.5) is 0 Å². The summed E-state index contributed by atoms with van der Waals surface area (Å²) in [5.41, 5.74) is 2.66. The number of aromatic amines is 1. The topological polar surface area (TPSA) is 28.7 Å². The SMILES string of the molecule is CC.c1nc2c([nH]1)CCCC2. The zero-order valence-electron chi connectivity index (χ0n) is 7.35. The summed E-state index contributed by atoms with van der Waals surface area (Å²) in [5.74, 6) is 0. The lowest BCUT2D eigenvalue weighted by molar-refractivity contribution is 0.667. The molecule has 0 saturated carbocycles. The van der Waals surface area contributed by atoms with Crippen molar-refractivity contribution >= 4 is 0 Å². The number of hydrogen-bond acceptors (Lipinski definition) is 1. The van der Waals surface area contributed by atoms with Gasteiger partial charge in [-0.1, -0.05) is 13.8 Å². The van der Waals surface area contributed by atoms with Gasteiger partial charge >= 0.3 is 0 Å². The Hall–Kier alpha value is -0.790. The second kappa shape index (κ2) is 4.16. The largest absolute Gasteiger partial charge is 0.348 e. The summed E-state index contributed by atoms with van der Waals surface area (Å²) in [6.07, 6.45) is 6.83. The third-order valence-corrected chi connectivity index (χ3v) is 1.90. The van der Waals surface area contributed by atoms with Crippen molar-refractivity contribution < 1.29 is 0 Å². The molecule has 1 N–H and O–H groups in total. The fourth-order valence-electron chi connectivity index (χ4n) is 1.38. The number of fused-ring (bicyclic) bond motifs is 1. The first-order valence-electron chi connectivity index (χ1n) is 4.48. The molecule has 1 heterocycles. The van der Waals surface area contributed by atoms with Crippen LogP contribution in [-0.4, -0.2) is 9.97 Å². The highest BCUT2D eigenvalue weighted by molar-refractivity contribution is 5.13. The Bertz CT molecular complexity index is 183. The number of imidazole rings is 1. The van der Waals surface area contributed by atoms with Crippen molar-refractivity contribution in [2.45, 2.75) is 39.5 Å². The average molecular weight is 152 g/mol. The second-order valence-corrected chi connectivity index (χ2v) is 2.53. The molecule has 0 radical (unpaired) electrons. The Morgan fingerprint density at radius 1 is 1.27 bits per heavy atom. The van der Waals surface area contributed by atoms with Crippen molar-refractivity contribution in [3.05, 3.63) is 17.7 Å². The summed E-state index contributed by atoms with van der Waals surface area (Å²) in [6.45, 7) is 4.00. The smallest absolute Gasteiger partial charge is 0.0925 e. The molecule has 62 valence electrons. The molecule has 0 spiro atoms. The summed E-state index contributed by atoms with van der Waals surface area (Å²) in [5, 5.41) is 0. The summed E-state index contributed by atoms with van der Waals surface area (Å²) in [7, 11) is 0. The second-order valence-electron chi connectivity index (χ2n) is 2.53. The van der Waals surface area contributed by atoms with Crippen LogP contribution >= 0.6 is 0 Å². The molecule has 0 bridgehead atoms. The van der Waals surface area contributed by atoms with Gasteiger partial charge in [0.2, 0.25) is 0 Å². The molecule has 11 heavy (non-hydrogen) atoms. The van der Waals surface area contributed by atoms with Gasteiger partial charge in [0.15, 0.2) is 0 Å². The highest BCUT2D eigenvalue weighted by Crippen LogP contribution is 2.16. The van der Waals surface area contributed by atoms with E-state index < -0.39 is 0 Å². The minimum Gasteiger partial charge on any atom is -0.348 e. The highest BCUT2D eigenvalue weighted by atomic mass is 14.9. The molecule has 0 amide bonds. The summed E-state index contributed by atoms with van der Waals surface area (Å²) >= 11 is 0. The normalized spacial score (nSPS) is 14.7. The Morgan fingerprint density at radius 3 is 2.73 bits per heavy atom. The molecule has 2 nitrogen and oxygen atoms in total. The van der Waals surface area contributed by atoms with E-state index in [-0.39, 0.29) is 0 Å². The van der Waals surface area contributed by atoms with Crippen molar-refractivity contribution in [1.29, 1.82) is 0 Å². The number of H-pyrrole nitrogens is 1. The van der Waals surface area contributed by atoms with E-state index in [2.05, 4.69) is 9.97 Å². The fourth-order valence-corrected chi connectivity index (χ4v) is 1.38. The van der Waals surface area contributed by atoms with Crippen molar-refractivity contribution in [3.63, 3.8) is 0 Å². The number of hydrogen-bond donors (Lipinski definition) is 1. The van der Waals surface area contributed by atoms with E-state index in [1.165, 1.54) is 37.1 Å². The molecule has 0 fully saturated rings. The molecule has 0 unspecified atom stereocenters. The molecule has 1 aromatic heterocycles. The van der Waals surface area contributed by atoms with Gasteiger partial charge in [-0.05, 0) is 25.7 Å². The number of aromatic nitrogens is 2. The number of nitrogens with zero attached hydrogens (tertiary/aromatic N) is 1. The van der Waals surface area contributed by atoms with Crippen LogP contribution in [0.25, 0.3) is 0 Å². The molecule has 0 atom stereocenters. The predicted octanol–water partition coefficient (Wildman–Crippen LogP) is 2.31. The Morgan fingerprint density at radius 2 is 2.00 bits per heavy atom. The quantitative estimate of drug-likeness (QED) is 0.607. The van der Waals surface area contributed by atoms with Crippen LogP contribution in [-0.2, 0) is 12.8 Å². The van der Waals surface area contributed by atoms with E-state index in [0.717, 1.165) is 0 Å². The molecule has 2 heteroatoms. The maximum absolute atomic E-state index is 4.20. The third-order valence-electron chi connectivity index (χ3n) is 1.90. The maximum atomic E-state index is 4.20. The average Bonchev–Trinajstić information content (AvgIpc) is 2.55. The lowest BCUT2D eigenvalue weighted by atomic mass is 10.0. The molecular formula is C9H16N2. The van der Waals surface area contributed by atoms with Gasteiger partial charge in [0.05, 0.1) is 12.0 Å². The van der Waals surface area contributed by atoms with E-state index in [9.17, 15) is 0 Å². The van der Waals surface area contributed by atoms with E-state index in [1.807, 2.05) is 13.8 Å². The summed E-state index contributed by atoms with van der Waals surface area (Å²) in [6, 6.07) is 0. The van der Waals surface area contributed by atoms with Crippen LogP contribution in [0.15, 0.2) is 6.33 Å². The van der Waals surface area contributed by atoms with Gasteiger partial charge in [-0.25, -0.2) is 4.98 Å². The first kappa shape index (κ1) is 8.31. The van der Waals surface area contributed by atoms with Crippen LogP contribution < -0.4 is 0 Å². The van der Waals surface area contributed by atoms with Gasteiger partial charge in [0.1, 0.15) is 0 Å². The zero-order valence-corrected chi connectivity index (χ0v) is 7.35. The van der Waals surface area contributed by atoms with Gasteiger partial charge in [-0.2, -0.15) is 0 Å². The van der Waals surface area contributed by atoms with Crippen molar-refractivity contribution in [2.24, 2.45) is 0 Å². The molecular weight excluding hydrogens is 136 g/mol. The third kappa shape index (κ3) is 1.82. The predicted molar refractivity (Wildman–Crippen MR) is 46.6 cm³/mol. The van der Waals surface area contributed by atoms with Crippen LogP contribution in [0.3, 0.4) is 0 Å². The van der Waals surface area contributed by atoms with Gasteiger partial charge in [-0.15, -0.1) is 0 Å². The first-order valence-corrected chi connectivity index (χ1v) is 4.48. The Labute approximate surface area is 68.0 Å². The van der Waals surface area contributed by atoms with Crippen molar-refractivity contribution in [2.75, 3.05) is 0 Å². The molecule has 1 aromatic rings. The fraction of sp³-hybridized carbons (Fsp3) is 0.667. The van der Waals surface area contributed by atoms with Crippen LogP contribution in [0, 0.1) is 0 Å². The van der Waals surface area contributed by atoms with E-state index in [0.29, 0.717) is 0 Å². The van der Waals surface area contributed by atoms with E-state index in [1.54, 1.807) is 6.33 Å². The monoisotopic (exact) mass is 152 g/mol. The lowest BCUT2D eigenvalue weighted by Gasteiger charge is -2.07. The van der Waals surface area contributed by atoms with Crippen LogP contribution in [0.2, 0.25) is 0 Å². The van der Waals surface area contributed by atoms with Gasteiger partial charge in [0, 0.05) is 5.69 Å². The maximum Gasteiger partial charge on any atom is 0.0925 e. The zero-order chi connectivity index (χ0) is 8.10. The number of nitrogens with one attached hydrogen (secondary N) is 1. The summed E-state index contributed by atoms with van der Waals surface area (Å²) < 4.78 is 0. The summed E-state index contributed by atoms with van der Waals surface area (Å²) in [4.78, 5) is 7.35. The minimum atomic E-state index is 1.18. The molecule has 1 aliphatic carbocycles. The highest BCUT2D eigenvalue weighted by Gasteiger charge is 2.09. The number of rotatable bonds is 0. The molecule has 0 aliphatic heterocycles. The standard InChI is InChI=1S/C7H10N2.C2H6/c1-2-4-7-6(3-1)8-5-9-7;1-2/h5H,1-4H2,(H,8,9);1-2H3. The Balaban J connectivity index is 0.000000281. The minimum absolute atomic E-state index is 1.18. The van der Waals surface area contributed by atoms with Gasteiger partial charge < -0.3 is 4.98 Å². The first-order chi connectivity index (χ1) is 5.47. The number of aryl methyl sites for hydroxylation is 2. The molecule has 2 rings (SSSR count). The van der Waals surface area contributed by atoms with Crippen molar-refractivity contribution in [3.8, 4) is 0 Å². The van der Waals surface area contributed by atoms with Gasteiger partial charge in [0.25, 0.3) is 0 Å². The lowest BCUT2D eigenvalue weighted by Crippen LogP contribution is -2.00. The molecule has 0 aromatic carbocycles. The van der Waals surface area contributed by atoms with E-state index in [4.69, 9.17) is 0 Å². The molecule has 1 aliphatic rings. The Kier molecular flexibility index (Phi) is 3.14. The van der Waals surface area contributed by atoms with Crippen LogP contribution in [0.5, 0.6) is 0 Å². The van der Waals surface area contributed by atoms with Crippen molar-refractivity contribution in [1.82, 2.24) is 9.97 Å². The van der Waals surface area contributed by atoms with Crippen LogP contribution in [0.1, 0.15) is 38.1 Å².